The number of hydrogen-bond acceptors (Lipinski definition) is 5. The third-order valence-electron chi connectivity index (χ3n) is 3.87. The van der Waals surface area contributed by atoms with Gasteiger partial charge in [-0.1, -0.05) is 0 Å². The topological polar surface area (TPSA) is 96.0 Å². The van der Waals surface area contributed by atoms with Gasteiger partial charge in [-0.25, -0.2) is 8.42 Å². The van der Waals surface area contributed by atoms with Crippen LogP contribution in [0.3, 0.4) is 0 Å². The zero-order valence-corrected chi connectivity index (χ0v) is 15.2. The number of rotatable bonds is 6. The molecule has 25 heavy (non-hydrogen) atoms. The Hall–Kier alpha value is -2.13. The molecular formula is C16H23N3O5S. The van der Waals surface area contributed by atoms with Gasteiger partial charge in [-0.15, -0.1) is 0 Å². The van der Waals surface area contributed by atoms with Crippen molar-refractivity contribution in [3.05, 3.63) is 29.8 Å². The van der Waals surface area contributed by atoms with Crippen LogP contribution in [-0.2, 0) is 19.6 Å². The van der Waals surface area contributed by atoms with Gasteiger partial charge in [-0.3, -0.25) is 14.3 Å². The molecular weight excluding hydrogens is 346 g/mol. The lowest BCUT2D eigenvalue weighted by Crippen LogP contribution is -2.50. The van der Waals surface area contributed by atoms with E-state index in [1.807, 2.05) is 0 Å². The van der Waals surface area contributed by atoms with Crippen LogP contribution in [0.15, 0.2) is 24.3 Å². The van der Waals surface area contributed by atoms with Gasteiger partial charge in [0, 0.05) is 44.5 Å². The molecule has 0 aromatic heterocycles. The molecule has 0 saturated carbocycles. The van der Waals surface area contributed by atoms with Crippen molar-refractivity contribution in [3.8, 4) is 0 Å². The lowest BCUT2D eigenvalue weighted by Gasteiger charge is -2.34. The second-order valence-electron chi connectivity index (χ2n) is 5.87. The highest BCUT2D eigenvalue weighted by Gasteiger charge is 2.24. The zero-order chi connectivity index (χ0) is 18.4. The monoisotopic (exact) mass is 369 g/mol. The molecule has 0 bridgehead atoms. The average molecular weight is 369 g/mol. The summed E-state index contributed by atoms with van der Waals surface area (Å²) in [5.74, 6) is -0.0972. The van der Waals surface area contributed by atoms with E-state index in [1.54, 1.807) is 41.2 Å². The van der Waals surface area contributed by atoms with Crippen LogP contribution < -0.4 is 4.72 Å². The maximum absolute atomic E-state index is 12.5. The second kappa shape index (κ2) is 8.30. The first-order chi connectivity index (χ1) is 11.8. The van der Waals surface area contributed by atoms with Gasteiger partial charge in [0.25, 0.3) is 5.91 Å². The first kappa shape index (κ1) is 19.2. The van der Waals surface area contributed by atoms with Crippen LogP contribution in [0.2, 0.25) is 0 Å². The minimum atomic E-state index is -3.34. The first-order valence-corrected chi connectivity index (χ1v) is 9.83. The summed E-state index contributed by atoms with van der Waals surface area (Å²) < 4.78 is 29.6. The molecule has 1 aliphatic rings. The van der Waals surface area contributed by atoms with Crippen LogP contribution >= 0.6 is 0 Å². The Morgan fingerprint density at radius 2 is 1.64 bits per heavy atom. The predicted molar refractivity (Wildman–Crippen MR) is 93.9 cm³/mol. The van der Waals surface area contributed by atoms with Gasteiger partial charge < -0.3 is 14.5 Å². The molecule has 1 saturated heterocycles. The molecule has 1 fully saturated rings. The van der Waals surface area contributed by atoms with Crippen molar-refractivity contribution in [1.29, 1.82) is 0 Å². The summed E-state index contributed by atoms with van der Waals surface area (Å²) in [5, 5.41) is 0. The normalized spacial score (nSPS) is 15.1. The first-order valence-electron chi connectivity index (χ1n) is 7.94. The van der Waals surface area contributed by atoms with Gasteiger partial charge in [0.1, 0.15) is 0 Å². The molecule has 1 aliphatic heterocycles. The van der Waals surface area contributed by atoms with E-state index >= 15 is 0 Å². The van der Waals surface area contributed by atoms with Crippen molar-refractivity contribution in [2.24, 2.45) is 0 Å². The van der Waals surface area contributed by atoms with E-state index < -0.39 is 10.0 Å². The fraction of sp³-hybridized carbons (Fsp3) is 0.500. The molecule has 8 nitrogen and oxygen atoms in total. The van der Waals surface area contributed by atoms with Crippen molar-refractivity contribution < 1.29 is 22.7 Å². The van der Waals surface area contributed by atoms with Gasteiger partial charge in [-0.05, 0) is 24.3 Å². The standard InChI is InChI=1S/C16H23N3O5S/c1-24-12-7-15(20)18-8-10-19(11-9-18)16(21)13-3-5-14(6-4-13)17-25(2,22)23/h3-6,17H,7-12H2,1-2H3. The largest absolute Gasteiger partial charge is 0.384 e. The van der Waals surface area contributed by atoms with Crippen molar-refractivity contribution in [1.82, 2.24) is 9.80 Å². The van der Waals surface area contributed by atoms with Gasteiger partial charge in [-0.2, -0.15) is 0 Å². The number of anilines is 1. The van der Waals surface area contributed by atoms with Gasteiger partial charge in [0.05, 0.1) is 19.3 Å². The summed E-state index contributed by atoms with van der Waals surface area (Å²) in [6.07, 6.45) is 1.42. The Bertz CT molecular complexity index is 710. The number of hydrogen-bond donors (Lipinski definition) is 1. The van der Waals surface area contributed by atoms with E-state index in [1.165, 1.54) is 0 Å². The maximum atomic E-state index is 12.5. The lowest BCUT2D eigenvalue weighted by molar-refractivity contribution is -0.133. The fourth-order valence-corrected chi connectivity index (χ4v) is 3.15. The molecule has 138 valence electrons. The number of piperazine rings is 1. The van der Waals surface area contributed by atoms with Gasteiger partial charge >= 0.3 is 0 Å². The smallest absolute Gasteiger partial charge is 0.253 e. The van der Waals surface area contributed by atoms with Crippen LogP contribution in [-0.4, -0.2) is 76.2 Å². The van der Waals surface area contributed by atoms with Crippen LogP contribution in [0, 0.1) is 0 Å². The second-order valence-corrected chi connectivity index (χ2v) is 7.62. The highest BCUT2D eigenvalue weighted by Crippen LogP contribution is 2.14. The van der Waals surface area contributed by atoms with Crippen molar-refractivity contribution >= 4 is 27.5 Å². The summed E-state index contributed by atoms with van der Waals surface area (Å²) in [6, 6.07) is 6.29. The van der Waals surface area contributed by atoms with Gasteiger partial charge in [0.2, 0.25) is 15.9 Å². The van der Waals surface area contributed by atoms with E-state index in [2.05, 4.69) is 4.72 Å². The van der Waals surface area contributed by atoms with Crippen molar-refractivity contribution in [2.75, 3.05) is 50.9 Å². The molecule has 1 aromatic carbocycles. The minimum absolute atomic E-state index is 0.0325. The number of benzene rings is 1. The van der Waals surface area contributed by atoms with Crippen LogP contribution in [0.4, 0.5) is 5.69 Å². The SMILES string of the molecule is COCCC(=O)N1CCN(C(=O)c2ccc(NS(C)(=O)=O)cc2)CC1. The average Bonchev–Trinajstić information content (AvgIpc) is 2.58. The van der Waals surface area contributed by atoms with E-state index in [9.17, 15) is 18.0 Å². The number of nitrogens with one attached hydrogen (secondary N) is 1. The number of sulfonamides is 1. The van der Waals surface area contributed by atoms with Crippen LogP contribution in [0.5, 0.6) is 0 Å². The summed E-state index contributed by atoms with van der Waals surface area (Å²) in [6.45, 7) is 2.34. The van der Waals surface area contributed by atoms with Crippen molar-refractivity contribution in [2.45, 2.75) is 6.42 Å². The number of carbonyl (C=O) groups excluding carboxylic acids is 2. The molecule has 0 atom stereocenters. The molecule has 0 spiro atoms. The maximum Gasteiger partial charge on any atom is 0.253 e. The third kappa shape index (κ3) is 5.71. The van der Waals surface area contributed by atoms with Crippen LogP contribution in [0.25, 0.3) is 0 Å². The van der Waals surface area contributed by atoms with E-state index in [4.69, 9.17) is 4.74 Å². The number of nitrogens with zero attached hydrogens (tertiary/aromatic N) is 2. The highest BCUT2D eigenvalue weighted by molar-refractivity contribution is 7.92. The molecule has 0 unspecified atom stereocenters. The molecule has 1 heterocycles. The molecule has 1 N–H and O–H groups in total. The minimum Gasteiger partial charge on any atom is -0.384 e. The van der Waals surface area contributed by atoms with Crippen LogP contribution in [0.1, 0.15) is 16.8 Å². The molecule has 0 radical (unpaired) electrons. The van der Waals surface area contributed by atoms with Gasteiger partial charge in [0.15, 0.2) is 0 Å². The molecule has 1 aromatic rings. The number of methoxy groups -OCH3 is 1. The zero-order valence-electron chi connectivity index (χ0n) is 14.4. The third-order valence-corrected chi connectivity index (χ3v) is 4.48. The Morgan fingerprint density at radius 3 is 2.16 bits per heavy atom. The fourth-order valence-electron chi connectivity index (χ4n) is 2.58. The highest BCUT2D eigenvalue weighted by atomic mass is 32.2. The van der Waals surface area contributed by atoms with E-state index in [0.717, 1.165) is 6.26 Å². The molecule has 0 aliphatic carbocycles. The Morgan fingerprint density at radius 1 is 1.08 bits per heavy atom. The Labute approximate surface area is 147 Å². The van der Waals surface area contributed by atoms with Crippen molar-refractivity contribution in [3.63, 3.8) is 0 Å². The number of carbonyl (C=O) groups is 2. The predicted octanol–water partition coefficient (Wildman–Crippen LogP) is 0.379. The summed E-state index contributed by atoms with van der Waals surface area (Å²) in [7, 11) is -1.79. The lowest BCUT2D eigenvalue weighted by atomic mass is 10.1. The molecule has 2 rings (SSSR count). The number of amides is 2. The number of ether oxygens (including phenoxy) is 1. The Kier molecular flexibility index (Phi) is 6.38. The summed E-state index contributed by atoms with van der Waals surface area (Å²) in [5.41, 5.74) is 0.894. The molecule has 9 heteroatoms. The van der Waals surface area contributed by atoms with E-state index in [0.29, 0.717) is 50.5 Å². The quantitative estimate of drug-likeness (QED) is 0.782. The Balaban J connectivity index is 1.91. The summed E-state index contributed by atoms with van der Waals surface area (Å²) in [4.78, 5) is 27.9. The van der Waals surface area contributed by atoms with E-state index in [-0.39, 0.29) is 11.8 Å². The molecule has 2 amide bonds. The summed E-state index contributed by atoms with van der Waals surface area (Å²) >= 11 is 0.